The summed E-state index contributed by atoms with van der Waals surface area (Å²) in [5.41, 5.74) is 0.271. The zero-order valence-electron chi connectivity index (χ0n) is 9.73. The Labute approximate surface area is 99.2 Å². The average Bonchev–Trinajstić information content (AvgIpc) is 2.77. The van der Waals surface area contributed by atoms with Gasteiger partial charge in [0, 0.05) is 25.4 Å². The first kappa shape index (κ1) is 11.9. The van der Waals surface area contributed by atoms with E-state index in [2.05, 4.69) is 10.3 Å². The molecule has 17 heavy (non-hydrogen) atoms. The Bertz CT molecular complexity index is 435. The molecule has 2 atom stereocenters. The van der Waals surface area contributed by atoms with Gasteiger partial charge in [0.1, 0.15) is 0 Å². The van der Waals surface area contributed by atoms with Crippen molar-refractivity contribution >= 4 is 5.91 Å². The van der Waals surface area contributed by atoms with E-state index < -0.39 is 0 Å². The number of nitrogens with one attached hydrogen (secondary N) is 2. The maximum atomic E-state index is 11.8. The summed E-state index contributed by atoms with van der Waals surface area (Å²) in [6.45, 7) is 0. The minimum atomic E-state index is -0.207. The van der Waals surface area contributed by atoms with E-state index in [0.717, 1.165) is 19.3 Å². The lowest BCUT2D eigenvalue weighted by atomic mass is 10.2. The largest absolute Gasteiger partial charge is 0.381 e. The molecule has 1 amide bonds. The fourth-order valence-electron chi connectivity index (χ4n) is 2.11. The molecule has 0 saturated heterocycles. The van der Waals surface area contributed by atoms with Crippen molar-refractivity contribution in [3.05, 3.63) is 34.2 Å². The molecule has 0 bridgehead atoms. The zero-order valence-corrected chi connectivity index (χ0v) is 9.73. The first-order chi connectivity index (χ1) is 8.19. The molecule has 5 nitrogen and oxygen atoms in total. The molecular formula is C12H16N2O3. The van der Waals surface area contributed by atoms with E-state index in [1.54, 1.807) is 7.11 Å². The molecule has 1 saturated carbocycles. The smallest absolute Gasteiger partial charge is 0.252 e. The minimum absolute atomic E-state index is 0.150. The van der Waals surface area contributed by atoms with Crippen LogP contribution in [0.4, 0.5) is 0 Å². The second-order valence-corrected chi connectivity index (χ2v) is 4.28. The van der Waals surface area contributed by atoms with Crippen molar-refractivity contribution in [1.82, 2.24) is 10.3 Å². The number of pyridine rings is 1. The summed E-state index contributed by atoms with van der Waals surface area (Å²) in [6.07, 6.45) is 4.45. The molecule has 0 aliphatic heterocycles. The third-order valence-corrected chi connectivity index (χ3v) is 3.10. The van der Waals surface area contributed by atoms with E-state index in [1.807, 2.05) is 0 Å². The van der Waals surface area contributed by atoms with Crippen LogP contribution in [0.1, 0.15) is 29.6 Å². The van der Waals surface area contributed by atoms with Crippen LogP contribution in [0.15, 0.2) is 23.1 Å². The van der Waals surface area contributed by atoms with E-state index in [9.17, 15) is 9.59 Å². The second-order valence-electron chi connectivity index (χ2n) is 4.28. The highest BCUT2D eigenvalue weighted by Gasteiger charge is 2.25. The molecule has 1 fully saturated rings. The Morgan fingerprint density at radius 3 is 2.88 bits per heavy atom. The summed E-state index contributed by atoms with van der Waals surface area (Å²) in [6, 6.07) is 3.04. The summed E-state index contributed by atoms with van der Waals surface area (Å²) in [7, 11) is 1.69. The van der Waals surface area contributed by atoms with Crippen LogP contribution < -0.4 is 10.9 Å². The van der Waals surface area contributed by atoms with Gasteiger partial charge in [-0.25, -0.2) is 0 Å². The van der Waals surface area contributed by atoms with Crippen molar-refractivity contribution in [3.63, 3.8) is 0 Å². The number of rotatable bonds is 3. The van der Waals surface area contributed by atoms with E-state index >= 15 is 0 Å². The van der Waals surface area contributed by atoms with Crippen molar-refractivity contribution in [2.45, 2.75) is 31.4 Å². The number of hydrogen-bond acceptors (Lipinski definition) is 3. The van der Waals surface area contributed by atoms with Crippen molar-refractivity contribution < 1.29 is 9.53 Å². The number of amides is 1. The Morgan fingerprint density at radius 2 is 2.29 bits per heavy atom. The maximum Gasteiger partial charge on any atom is 0.252 e. The number of carbonyl (C=O) groups is 1. The van der Waals surface area contributed by atoms with Crippen LogP contribution in [-0.4, -0.2) is 30.1 Å². The first-order valence-electron chi connectivity index (χ1n) is 5.71. The molecule has 0 aromatic carbocycles. The predicted molar refractivity (Wildman–Crippen MR) is 63.0 cm³/mol. The molecule has 0 spiro atoms. The summed E-state index contributed by atoms with van der Waals surface area (Å²) in [5, 5.41) is 2.94. The van der Waals surface area contributed by atoms with Gasteiger partial charge in [-0.3, -0.25) is 9.59 Å². The number of H-pyrrole nitrogens is 1. The molecule has 2 N–H and O–H groups in total. The zero-order chi connectivity index (χ0) is 12.3. The maximum absolute atomic E-state index is 11.8. The van der Waals surface area contributed by atoms with Crippen LogP contribution in [0, 0.1) is 0 Å². The second kappa shape index (κ2) is 5.14. The summed E-state index contributed by atoms with van der Waals surface area (Å²) in [5.74, 6) is -0.150. The van der Waals surface area contributed by atoms with Gasteiger partial charge >= 0.3 is 0 Å². The Kier molecular flexibility index (Phi) is 3.58. The molecule has 2 rings (SSSR count). The normalized spacial score (nSPS) is 23.6. The van der Waals surface area contributed by atoms with Crippen molar-refractivity contribution in [2.75, 3.05) is 7.11 Å². The lowest BCUT2D eigenvalue weighted by Gasteiger charge is -2.12. The molecule has 1 aliphatic rings. The van der Waals surface area contributed by atoms with Gasteiger partial charge in [0.05, 0.1) is 11.7 Å². The van der Waals surface area contributed by atoms with Crippen molar-refractivity contribution in [3.8, 4) is 0 Å². The monoisotopic (exact) mass is 236 g/mol. The van der Waals surface area contributed by atoms with Crippen molar-refractivity contribution in [1.29, 1.82) is 0 Å². The molecule has 1 aliphatic carbocycles. The molecule has 2 unspecified atom stereocenters. The molecular weight excluding hydrogens is 220 g/mol. The SMILES string of the molecule is COC1CCC(NC(=O)c2ccc(=O)[nH]c2)C1. The Hall–Kier alpha value is -1.62. The van der Waals surface area contributed by atoms with Gasteiger partial charge < -0.3 is 15.0 Å². The number of aromatic nitrogens is 1. The van der Waals surface area contributed by atoms with Crippen LogP contribution >= 0.6 is 0 Å². The third kappa shape index (κ3) is 2.94. The van der Waals surface area contributed by atoms with Crippen LogP contribution in [0.25, 0.3) is 0 Å². The van der Waals surface area contributed by atoms with Crippen LogP contribution in [0.3, 0.4) is 0 Å². The molecule has 5 heteroatoms. The Balaban J connectivity index is 1.93. The summed E-state index contributed by atoms with van der Waals surface area (Å²) in [4.78, 5) is 25.2. The topological polar surface area (TPSA) is 71.2 Å². The van der Waals surface area contributed by atoms with Gasteiger partial charge in [0.2, 0.25) is 5.56 Å². The standard InChI is InChI=1S/C12H16N2O3/c1-17-10-4-3-9(6-10)14-12(16)8-2-5-11(15)13-7-8/h2,5,7,9-10H,3-4,6H2,1H3,(H,13,15)(H,14,16). The summed E-state index contributed by atoms with van der Waals surface area (Å²) >= 11 is 0. The first-order valence-corrected chi connectivity index (χ1v) is 5.71. The summed E-state index contributed by atoms with van der Waals surface area (Å²) < 4.78 is 5.25. The fraction of sp³-hybridized carbons (Fsp3) is 0.500. The van der Waals surface area contributed by atoms with E-state index in [4.69, 9.17) is 4.74 Å². The van der Waals surface area contributed by atoms with Crippen LogP contribution in [0.2, 0.25) is 0 Å². The van der Waals surface area contributed by atoms with Gasteiger partial charge in [-0.2, -0.15) is 0 Å². The third-order valence-electron chi connectivity index (χ3n) is 3.10. The van der Waals surface area contributed by atoms with Crippen molar-refractivity contribution in [2.24, 2.45) is 0 Å². The quantitative estimate of drug-likeness (QED) is 0.810. The molecule has 0 radical (unpaired) electrons. The van der Waals surface area contributed by atoms with Gasteiger partial charge in [-0.15, -0.1) is 0 Å². The van der Waals surface area contributed by atoms with Gasteiger partial charge in [-0.1, -0.05) is 0 Å². The number of hydrogen-bond donors (Lipinski definition) is 2. The van der Waals surface area contributed by atoms with E-state index in [-0.39, 0.29) is 23.6 Å². The molecule has 1 heterocycles. The fourth-order valence-corrected chi connectivity index (χ4v) is 2.11. The number of methoxy groups -OCH3 is 1. The number of aromatic amines is 1. The van der Waals surface area contributed by atoms with E-state index in [0.29, 0.717) is 5.56 Å². The Morgan fingerprint density at radius 1 is 1.47 bits per heavy atom. The minimum Gasteiger partial charge on any atom is -0.381 e. The van der Waals surface area contributed by atoms with Crippen LogP contribution in [0.5, 0.6) is 0 Å². The predicted octanol–water partition coefficient (Wildman–Crippen LogP) is 0.672. The van der Waals surface area contributed by atoms with Crippen LogP contribution in [-0.2, 0) is 4.74 Å². The lowest BCUT2D eigenvalue weighted by molar-refractivity contribution is 0.0914. The van der Waals surface area contributed by atoms with Gasteiger partial charge in [0.15, 0.2) is 0 Å². The number of ether oxygens (including phenoxy) is 1. The lowest BCUT2D eigenvalue weighted by Crippen LogP contribution is -2.33. The number of carbonyl (C=O) groups excluding carboxylic acids is 1. The highest BCUT2D eigenvalue weighted by atomic mass is 16.5. The molecule has 1 aromatic heterocycles. The van der Waals surface area contributed by atoms with E-state index in [1.165, 1.54) is 18.3 Å². The average molecular weight is 236 g/mol. The highest BCUT2D eigenvalue weighted by molar-refractivity contribution is 5.94. The van der Waals surface area contributed by atoms with Gasteiger partial charge in [-0.05, 0) is 25.3 Å². The van der Waals surface area contributed by atoms with Gasteiger partial charge in [0.25, 0.3) is 5.91 Å². The highest BCUT2D eigenvalue weighted by Crippen LogP contribution is 2.21. The molecule has 92 valence electrons. The molecule has 1 aromatic rings.